The third-order valence-corrected chi connectivity index (χ3v) is 2.73. The summed E-state index contributed by atoms with van der Waals surface area (Å²) in [7, 11) is 1.28. The molecule has 2 nitrogen and oxygen atoms in total. The molecule has 18 heavy (non-hydrogen) atoms. The summed E-state index contributed by atoms with van der Waals surface area (Å²) in [6, 6.07) is 2.03. The zero-order valence-electron chi connectivity index (χ0n) is 11.3. The molecule has 93 valence electrons. The Bertz CT molecular complexity index is 388. The van der Waals surface area contributed by atoms with Crippen LogP contribution in [0.2, 0.25) is 0 Å². The second-order valence-electron chi connectivity index (χ2n) is 4.58. The first-order valence-corrected chi connectivity index (χ1v) is 5.23. The fourth-order valence-corrected chi connectivity index (χ4v) is 0.986. The van der Waals surface area contributed by atoms with Gasteiger partial charge in [0.1, 0.15) is 0 Å². The topological polar surface area (TPSA) is 29.5 Å². The van der Waals surface area contributed by atoms with E-state index in [4.69, 9.17) is 9.76 Å². The molecule has 0 saturated heterocycles. The van der Waals surface area contributed by atoms with E-state index < -0.39 is 23.0 Å². The number of benzene rings is 1. The second-order valence-corrected chi connectivity index (χ2v) is 4.58. The van der Waals surface area contributed by atoms with Crippen molar-refractivity contribution in [2.75, 3.05) is 0 Å². The van der Waals surface area contributed by atoms with Gasteiger partial charge in [-0.3, -0.25) is 5.92 Å². The Hall–Kier alpha value is 0.957. The van der Waals surface area contributed by atoms with Gasteiger partial charge in [-0.25, -0.2) is 8.78 Å². The van der Waals surface area contributed by atoms with Crippen molar-refractivity contribution in [1.82, 2.24) is 0 Å². The third-order valence-electron chi connectivity index (χ3n) is 2.73. The maximum atomic E-state index is 13.0. The molecule has 1 radical (unpaired) electrons. The molecule has 1 aromatic rings. The second kappa shape index (κ2) is 7.66. The van der Waals surface area contributed by atoms with E-state index in [0.717, 1.165) is 18.1 Å². The summed E-state index contributed by atoms with van der Waals surface area (Å²) in [5.74, 6) is -1.95. The minimum Gasteiger partial charge on any atom is -0.503 e. The predicted molar refractivity (Wildman–Crippen MR) is 63.2 cm³/mol. The average Bonchev–Trinajstić information content (AvgIpc) is 2.22. The van der Waals surface area contributed by atoms with E-state index in [-0.39, 0.29) is 74.4 Å². The summed E-state index contributed by atoms with van der Waals surface area (Å²) < 4.78 is 31.5. The number of aromatic hydroxyl groups is 1. The van der Waals surface area contributed by atoms with Gasteiger partial charge < -0.3 is 9.76 Å². The zero-order valence-corrected chi connectivity index (χ0v) is 17.6. The van der Waals surface area contributed by atoms with Crippen molar-refractivity contribution in [3.05, 3.63) is 29.7 Å². The Morgan fingerprint density at radius 3 is 2.06 bits per heavy atom. The van der Waals surface area contributed by atoms with E-state index in [1.807, 2.05) is 27.7 Å². The van der Waals surface area contributed by atoms with Crippen LogP contribution in [-0.4, -0.2) is 18.2 Å². The van der Waals surface area contributed by atoms with Crippen molar-refractivity contribution < 1.29 is 87.4 Å². The van der Waals surface area contributed by atoms with Crippen LogP contribution >= 0.6 is 0 Å². The largest absolute Gasteiger partial charge is 1.00 e. The van der Waals surface area contributed by atoms with Crippen molar-refractivity contribution in [3.63, 3.8) is 0 Å². The zero-order chi connectivity index (χ0) is 13.2. The SMILES string of the molecule is C[C-](C)C(C)(C)O[B]c1cc(F)c(O)c(F)c1.[Cs+]. The molecule has 1 rings (SSSR count). The van der Waals surface area contributed by atoms with Gasteiger partial charge in [0, 0.05) is 0 Å². The number of phenolic OH excluding ortho intramolecular Hbond substituents is 1. The quantitative estimate of drug-likeness (QED) is 0.561. The molecule has 0 fully saturated rings. The first kappa shape index (κ1) is 19.0. The summed E-state index contributed by atoms with van der Waals surface area (Å²) >= 11 is 0. The molecule has 0 amide bonds. The van der Waals surface area contributed by atoms with Crippen LogP contribution in [-0.2, 0) is 4.65 Å². The molecule has 0 unspecified atom stereocenters. The Labute approximate surface area is 166 Å². The Morgan fingerprint density at radius 2 is 1.67 bits per heavy atom. The number of halogens is 2. The number of rotatable bonds is 4. The van der Waals surface area contributed by atoms with Gasteiger partial charge in [-0.1, -0.05) is 19.4 Å². The molecule has 1 N–H and O–H groups in total. The van der Waals surface area contributed by atoms with Gasteiger partial charge in [-0.05, 0) is 17.6 Å². The van der Waals surface area contributed by atoms with Crippen molar-refractivity contribution in [3.8, 4) is 5.75 Å². The monoisotopic (exact) mass is 373 g/mol. The molecule has 6 heteroatoms. The van der Waals surface area contributed by atoms with Crippen LogP contribution in [0.5, 0.6) is 5.75 Å². The molecular formula is C12H15BCsF2O2. The van der Waals surface area contributed by atoms with Crippen LogP contribution in [0.4, 0.5) is 8.78 Å². The van der Waals surface area contributed by atoms with E-state index in [0.29, 0.717) is 0 Å². The van der Waals surface area contributed by atoms with Crippen molar-refractivity contribution in [2.45, 2.75) is 33.3 Å². The van der Waals surface area contributed by atoms with Crippen LogP contribution in [0.3, 0.4) is 0 Å². The molecule has 0 saturated carbocycles. The Morgan fingerprint density at radius 1 is 1.22 bits per heavy atom. The first-order valence-electron chi connectivity index (χ1n) is 5.23. The normalized spacial score (nSPS) is 11.3. The van der Waals surface area contributed by atoms with E-state index >= 15 is 0 Å². The molecule has 0 aliphatic rings. The van der Waals surface area contributed by atoms with Crippen LogP contribution in [0.15, 0.2) is 12.1 Å². The average molecular weight is 373 g/mol. The minimum absolute atomic E-state index is 0. The summed E-state index contributed by atoms with van der Waals surface area (Å²) in [5.41, 5.74) is -0.280. The van der Waals surface area contributed by atoms with E-state index in [1.54, 1.807) is 0 Å². The molecule has 0 aromatic heterocycles. The van der Waals surface area contributed by atoms with Gasteiger partial charge in [0.2, 0.25) is 0 Å². The number of phenols is 1. The predicted octanol–water partition coefficient (Wildman–Crippen LogP) is -0.672. The molecule has 1 aromatic carbocycles. The van der Waals surface area contributed by atoms with E-state index in [9.17, 15) is 8.78 Å². The van der Waals surface area contributed by atoms with Crippen LogP contribution in [0.25, 0.3) is 0 Å². The van der Waals surface area contributed by atoms with Crippen LogP contribution in [0.1, 0.15) is 27.7 Å². The van der Waals surface area contributed by atoms with Gasteiger partial charge in [-0.15, -0.1) is 0 Å². The standard InChI is InChI=1S/C12H15BF2O2.Cs/c1-7(2)12(3,4)17-13-8-5-9(14)11(16)10(15)6-8;/h5-6,16H,1-4H3;/q-1;+1. The molecule has 0 aliphatic heterocycles. The summed E-state index contributed by atoms with van der Waals surface area (Å²) in [4.78, 5) is 0. The first-order chi connectivity index (χ1) is 7.74. The van der Waals surface area contributed by atoms with Gasteiger partial charge in [0.25, 0.3) is 0 Å². The van der Waals surface area contributed by atoms with Crippen LogP contribution in [0, 0.1) is 17.6 Å². The number of hydrogen-bond acceptors (Lipinski definition) is 2. The fourth-order valence-electron chi connectivity index (χ4n) is 0.986. The van der Waals surface area contributed by atoms with Crippen molar-refractivity contribution in [2.24, 2.45) is 0 Å². The fraction of sp³-hybridized carbons (Fsp3) is 0.417. The van der Waals surface area contributed by atoms with Gasteiger partial charge in [0.05, 0.1) is 0 Å². The van der Waals surface area contributed by atoms with Crippen molar-refractivity contribution in [1.29, 1.82) is 0 Å². The maximum absolute atomic E-state index is 13.0. The molecule has 0 heterocycles. The summed E-state index contributed by atoms with van der Waals surface area (Å²) in [6.45, 7) is 7.52. The van der Waals surface area contributed by atoms with E-state index in [2.05, 4.69) is 0 Å². The van der Waals surface area contributed by atoms with Crippen LogP contribution < -0.4 is 74.4 Å². The van der Waals surface area contributed by atoms with Gasteiger partial charge in [-0.2, -0.15) is 13.8 Å². The molecule has 0 aliphatic carbocycles. The van der Waals surface area contributed by atoms with Gasteiger partial charge in [0.15, 0.2) is 17.4 Å². The smallest absolute Gasteiger partial charge is 0.503 e. The Balaban J connectivity index is 0.00000289. The molecular weight excluding hydrogens is 358 g/mol. The summed E-state index contributed by atoms with van der Waals surface area (Å²) in [6.07, 6.45) is 0. The summed E-state index contributed by atoms with van der Waals surface area (Å²) in [5, 5.41) is 8.94. The maximum Gasteiger partial charge on any atom is 1.00 e. The van der Waals surface area contributed by atoms with E-state index in [1.165, 1.54) is 7.48 Å². The third kappa shape index (κ3) is 5.15. The number of hydrogen-bond donors (Lipinski definition) is 1. The minimum atomic E-state index is -1.00. The molecule has 0 atom stereocenters. The van der Waals surface area contributed by atoms with Crippen molar-refractivity contribution >= 4 is 12.9 Å². The molecule has 0 bridgehead atoms. The molecule has 0 spiro atoms. The Kier molecular flexibility index (Phi) is 8.07. The van der Waals surface area contributed by atoms with Gasteiger partial charge >= 0.3 is 76.4 Å².